The zero-order valence-electron chi connectivity index (χ0n) is 7.27. The first-order valence-electron chi connectivity index (χ1n) is 4.11. The highest BCUT2D eigenvalue weighted by molar-refractivity contribution is 14.1. The van der Waals surface area contributed by atoms with E-state index in [0.717, 1.165) is 9.13 Å². The number of rotatable bonds is 2. The fourth-order valence-electron chi connectivity index (χ4n) is 1.14. The molecule has 0 unspecified atom stereocenters. The van der Waals surface area contributed by atoms with Crippen LogP contribution in [0.2, 0.25) is 0 Å². The van der Waals surface area contributed by atoms with Crippen LogP contribution in [0.5, 0.6) is 0 Å². The molecule has 0 fully saturated rings. The van der Waals surface area contributed by atoms with Crippen molar-refractivity contribution < 1.29 is 9.52 Å². The molecule has 72 valence electrons. The standard InChI is InChI=1S/C10H8INO2/c11-8-3-1-2-7(4-8)10-12-5-9(6-13)14-10/h1-5,13H,6H2. The van der Waals surface area contributed by atoms with Gasteiger partial charge in [0.05, 0.1) is 6.20 Å². The van der Waals surface area contributed by atoms with Crippen molar-refractivity contribution in [1.82, 2.24) is 4.98 Å². The average molecular weight is 301 g/mol. The van der Waals surface area contributed by atoms with E-state index in [1.165, 1.54) is 6.20 Å². The third-order valence-corrected chi connectivity index (χ3v) is 2.45. The van der Waals surface area contributed by atoms with Crippen molar-refractivity contribution in [2.45, 2.75) is 6.61 Å². The van der Waals surface area contributed by atoms with Crippen LogP contribution < -0.4 is 0 Å². The highest BCUT2D eigenvalue weighted by Gasteiger charge is 2.05. The first-order valence-corrected chi connectivity index (χ1v) is 5.19. The Kier molecular flexibility index (Phi) is 2.83. The molecule has 2 aromatic rings. The van der Waals surface area contributed by atoms with Gasteiger partial charge in [-0.2, -0.15) is 0 Å². The van der Waals surface area contributed by atoms with E-state index in [2.05, 4.69) is 27.6 Å². The molecule has 0 amide bonds. The Labute approximate surface area is 94.9 Å². The monoisotopic (exact) mass is 301 g/mol. The summed E-state index contributed by atoms with van der Waals surface area (Å²) in [6.07, 6.45) is 1.54. The smallest absolute Gasteiger partial charge is 0.226 e. The minimum Gasteiger partial charge on any atom is -0.439 e. The van der Waals surface area contributed by atoms with E-state index in [1.54, 1.807) is 0 Å². The largest absolute Gasteiger partial charge is 0.439 e. The third-order valence-electron chi connectivity index (χ3n) is 1.78. The predicted molar refractivity (Wildman–Crippen MR) is 60.6 cm³/mol. The second-order valence-corrected chi connectivity index (χ2v) is 4.05. The van der Waals surface area contributed by atoms with Gasteiger partial charge in [-0.3, -0.25) is 0 Å². The van der Waals surface area contributed by atoms with Gasteiger partial charge in [0, 0.05) is 9.13 Å². The van der Waals surface area contributed by atoms with Gasteiger partial charge in [-0.1, -0.05) is 6.07 Å². The minimum atomic E-state index is -0.114. The van der Waals surface area contributed by atoms with Crippen molar-refractivity contribution in [3.63, 3.8) is 0 Å². The summed E-state index contributed by atoms with van der Waals surface area (Å²) in [5, 5.41) is 8.82. The first kappa shape index (κ1) is 9.67. The molecule has 0 aliphatic heterocycles. The summed E-state index contributed by atoms with van der Waals surface area (Å²) in [5.74, 6) is 1.03. The van der Waals surface area contributed by atoms with E-state index >= 15 is 0 Å². The highest BCUT2D eigenvalue weighted by Crippen LogP contribution is 2.20. The van der Waals surface area contributed by atoms with Crippen LogP contribution in [0.25, 0.3) is 11.5 Å². The normalized spacial score (nSPS) is 10.4. The molecule has 0 bridgehead atoms. The maximum atomic E-state index is 8.82. The van der Waals surface area contributed by atoms with Gasteiger partial charge in [0.1, 0.15) is 12.4 Å². The Morgan fingerprint density at radius 1 is 1.43 bits per heavy atom. The lowest BCUT2D eigenvalue weighted by molar-refractivity contribution is 0.248. The van der Waals surface area contributed by atoms with E-state index in [1.807, 2.05) is 24.3 Å². The topological polar surface area (TPSA) is 46.3 Å². The van der Waals surface area contributed by atoms with E-state index in [9.17, 15) is 0 Å². The number of aliphatic hydroxyl groups excluding tert-OH is 1. The number of hydrogen-bond donors (Lipinski definition) is 1. The second kappa shape index (κ2) is 4.10. The number of benzene rings is 1. The van der Waals surface area contributed by atoms with Crippen LogP contribution in [-0.2, 0) is 6.61 Å². The molecule has 1 aromatic heterocycles. The van der Waals surface area contributed by atoms with Crippen molar-refractivity contribution in [2.24, 2.45) is 0 Å². The van der Waals surface area contributed by atoms with Crippen molar-refractivity contribution in [3.8, 4) is 11.5 Å². The Bertz CT molecular complexity index is 439. The van der Waals surface area contributed by atoms with Gasteiger partial charge in [0.2, 0.25) is 5.89 Å². The van der Waals surface area contributed by atoms with Crippen molar-refractivity contribution in [1.29, 1.82) is 0 Å². The molecule has 1 aromatic carbocycles. The Morgan fingerprint density at radius 3 is 2.93 bits per heavy atom. The number of halogens is 1. The van der Waals surface area contributed by atoms with Crippen LogP contribution >= 0.6 is 22.6 Å². The maximum Gasteiger partial charge on any atom is 0.226 e. The molecule has 0 aliphatic carbocycles. The van der Waals surface area contributed by atoms with Gasteiger partial charge in [-0.25, -0.2) is 4.98 Å². The number of aromatic nitrogens is 1. The zero-order chi connectivity index (χ0) is 9.97. The predicted octanol–water partition coefficient (Wildman–Crippen LogP) is 2.44. The van der Waals surface area contributed by atoms with Crippen LogP contribution in [0.3, 0.4) is 0 Å². The van der Waals surface area contributed by atoms with Crippen LogP contribution in [-0.4, -0.2) is 10.1 Å². The molecule has 4 heteroatoms. The maximum absolute atomic E-state index is 8.82. The highest BCUT2D eigenvalue weighted by atomic mass is 127. The molecular formula is C10H8INO2. The molecule has 0 spiro atoms. The third kappa shape index (κ3) is 1.96. The van der Waals surface area contributed by atoms with E-state index in [0.29, 0.717) is 11.7 Å². The first-order chi connectivity index (χ1) is 6.79. The molecule has 1 heterocycles. The van der Waals surface area contributed by atoms with Gasteiger partial charge >= 0.3 is 0 Å². The van der Waals surface area contributed by atoms with Crippen LogP contribution in [0.1, 0.15) is 5.76 Å². The van der Waals surface area contributed by atoms with Gasteiger partial charge in [-0.15, -0.1) is 0 Å². The summed E-state index contributed by atoms with van der Waals surface area (Å²) in [4.78, 5) is 4.07. The summed E-state index contributed by atoms with van der Waals surface area (Å²) < 4.78 is 6.44. The second-order valence-electron chi connectivity index (χ2n) is 2.80. The van der Waals surface area contributed by atoms with Crippen LogP contribution in [0.15, 0.2) is 34.9 Å². The number of aliphatic hydroxyl groups is 1. The van der Waals surface area contributed by atoms with E-state index in [-0.39, 0.29) is 6.61 Å². The summed E-state index contributed by atoms with van der Waals surface area (Å²) in [6.45, 7) is -0.114. The summed E-state index contributed by atoms with van der Waals surface area (Å²) in [6, 6.07) is 7.85. The molecular weight excluding hydrogens is 293 g/mol. The lowest BCUT2D eigenvalue weighted by Crippen LogP contribution is -1.78. The summed E-state index contributed by atoms with van der Waals surface area (Å²) in [7, 11) is 0. The Balaban J connectivity index is 2.39. The summed E-state index contributed by atoms with van der Waals surface area (Å²) >= 11 is 2.23. The molecule has 1 N–H and O–H groups in total. The molecule has 0 saturated heterocycles. The number of hydrogen-bond acceptors (Lipinski definition) is 3. The molecule has 2 rings (SSSR count). The van der Waals surface area contributed by atoms with E-state index < -0.39 is 0 Å². The van der Waals surface area contributed by atoms with Crippen LogP contribution in [0, 0.1) is 3.57 Å². The molecule has 0 saturated carbocycles. The fourth-order valence-corrected chi connectivity index (χ4v) is 1.68. The van der Waals surface area contributed by atoms with Crippen molar-refractivity contribution >= 4 is 22.6 Å². The number of nitrogens with zero attached hydrogens (tertiary/aromatic N) is 1. The summed E-state index contributed by atoms with van der Waals surface area (Å²) in [5.41, 5.74) is 0.927. The lowest BCUT2D eigenvalue weighted by Gasteiger charge is -1.95. The van der Waals surface area contributed by atoms with Crippen molar-refractivity contribution in [2.75, 3.05) is 0 Å². The average Bonchev–Trinajstić information content (AvgIpc) is 2.66. The van der Waals surface area contributed by atoms with Gasteiger partial charge in [0.15, 0.2) is 0 Å². The van der Waals surface area contributed by atoms with Crippen molar-refractivity contribution in [3.05, 3.63) is 39.8 Å². The minimum absolute atomic E-state index is 0.114. The van der Waals surface area contributed by atoms with Gasteiger partial charge in [0.25, 0.3) is 0 Å². The molecule has 3 nitrogen and oxygen atoms in total. The molecule has 0 atom stereocenters. The Hall–Kier alpha value is -0.880. The lowest BCUT2D eigenvalue weighted by atomic mass is 10.2. The quantitative estimate of drug-likeness (QED) is 0.867. The van der Waals surface area contributed by atoms with Gasteiger partial charge in [-0.05, 0) is 40.8 Å². The van der Waals surface area contributed by atoms with E-state index in [4.69, 9.17) is 9.52 Å². The molecule has 0 aliphatic rings. The van der Waals surface area contributed by atoms with Crippen LogP contribution in [0.4, 0.5) is 0 Å². The van der Waals surface area contributed by atoms with Gasteiger partial charge < -0.3 is 9.52 Å². The molecule has 0 radical (unpaired) electrons. The SMILES string of the molecule is OCc1cnc(-c2cccc(I)c2)o1. The molecule has 14 heavy (non-hydrogen) atoms. The Morgan fingerprint density at radius 2 is 2.29 bits per heavy atom. The fraction of sp³-hybridized carbons (Fsp3) is 0.100. The number of oxazole rings is 1. The zero-order valence-corrected chi connectivity index (χ0v) is 9.43.